The fourth-order valence-corrected chi connectivity index (χ4v) is 3.50. The van der Waals surface area contributed by atoms with Crippen molar-refractivity contribution in [3.8, 4) is 0 Å². The van der Waals surface area contributed by atoms with Crippen LogP contribution in [0.15, 0.2) is 58.9 Å². The van der Waals surface area contributed by atoms with E-state index in [1.165, 1.54) is 12.1 Å². The molecule has 0 radical (unpaired) electrons. The van der Waals surface area contributed by atoms with E-state index in [4.69, 9.17) is 0 Å². The molecule has 0 fully saturated rings. The predicted octanol–water partition coefficient (Wildman–Crippen LogP) is 3.66. The molecule has 2 N–H and O–H groups in total. The Balaban J connectivity index is 1.51. The maximum atomic E-state index is 13.5. The molecule has 0 spiro atoms. The van der Waals surface area contributed by atoms with E-state index in [0.29, 0.717) is 15.0 Å². The topological polar surface area (TPSA) is 84.0 Å². The molecule has 0 aliphatic carbocycles. The lowest BCUT2D eigenvalue weighted by Crippen LogP contribution is -2.14. The largest absolute Gasteiger partial charge is 0.323 e. The van der Waals surface area contributed by atoms with E-state index in [1.807, 2.05) is 6.07 Å². The molecule has 0 saturated carbocycles. The van der Waals surface area contributed by atoms with Gasteiger partial charge in [-0.05, 0) is 24.3 Å². The predicted molar refractivity (Wildman–Crippen MR) is 100 cm³/mol. The third-order valence-corrected chi connectivity index (χ3v) is 5.11. The Morgan fingerprint density at radius 1 is 1.00 bits per heavy atom. The highest BCUT2D eigenvalue weighted by Gasteiger charge is 2.12. The van der Waals surface area contributed by atoms with Gasteiger partial charge in [0.05, 0.1) is 11.4 Å². The van der Waals surface area contributed by atoms with Crippen molar-refractivity contribution in [2.24, 2.45) is 0 Å². The van der Waals surface area contributed by atoms with Gasteiger partial charge in [0.1, 0.15) is 5.82 Å². The lowest BCUT2D eigenvalue weighted by atomic mass is 10.2. The number of carbonyl (C=O) groups excluding carboxylic acids is 2. The summed E-state index contributed by atoms with van der Waals surface area (Å²) in [5.41, 5.74) is 0.646. The number of hydrogen-bond donors (Lipinski definition) is 2. The number of hydrogen-bond acceptors (Lipinski definition) is 6. The van der Waals surface area contributed by atoms with Gasteiger partial charge in [0.25, 0.3) is 5.91 Å². The number of aromatic nitrogens is 2. The zero-order valence-corrected chi connectivity index (χ0v) is 14.9. The Labute approximate surface area is 156 Å². The summed E-state index contributed by atoms with van der Waals surface area (Å²) in [6, 6.07) is 14.7. The van der Waals surface area contributed by atoms with Crippen LogP contribution < -0.4 is 10.6 Å². The van der Waals surface area contributed by atoms with Gasteiger partial charge in [-0.2, -0.15) is 0 Å². The van der Waals surface area contributed by atoms with E-state index in [9.17, 15) is 14.0 Å². The fraction of sp³-hybridized carbons (Fsp3) is 0.0588. The molecule has 26 heavy (non-hydrogen) atoms. The Morgan fingerprint density at radius 2 is 1.73 bits per heavy atom. The number of nitrogens with one attached hydrogen (secondary N) is 2. The Hall–Kier alpha value is -2.78. The van der Waals surface area contributed by atoms with Gasteiger partial charge in [-0.15, -0.1) is 10.2 Å². The molecule has 2 aromatic carbocycles. The van der Waals surface area contributed by atoms with Crippen molar-refractivity contribution in [1.82, 2.24) is 10.2 Å². The first kappa shape index (κ1) is 18.0. The molecule has 0 bridgehead atoms. The van der Waals surface area contributed by atoms with Crippen LogP contribution in [0.4, 0.5) is 15.2 Å². The smallest absolute Gasteiger partial charge is 0.257 e. The highest BCUT2D eigenvalue weighted by atomic mass is 32.2. The van der Waals surface area contributed by atoms with Crippen LogP contribution in [-0.2, 0) is 4.79 Å². The summed E-state index contributed by atoms with van der Waals surface area (Å²) < 4.78 is 14.0. The minimum absolute atomic E-state index is 0.0512. The van der Waals surface area contributed by atoms with Crippen molar-refractivity contribution in [2.45, 2.75) is 4.34 Å². The number of amides is 2. The molecule has 2 amide bonds. The summed E-state index contributed by atoms with van der Waals surface area (Å²) in [5, 5.41) is 13.3. The number of para-hydroxylation sites is 1. The van der Waals surface area contributed by atoms with Crippen molar-refractivity contribution < 1.29 is 14.0 Å². The number of carbonyl (C=O) groups is 2. The van der Waals surface area contributed by atoms with Gasteiger partial charge in [0.15, 0.2) is 4.34 Å². The number of anilines is 2. The second-order valence-electron chi connectivity index (χ2n) is 5.01. The molecule has 0 aliphatic heterocycles. The van der Waals surface area contributed by atoms with E-state index < -0.39 is 5.82 Å². The minimum Gasteiger partial charge on any atom is -0.323 e. The van der Waals surface area contributed by atoms with Crippen LogP contribution in [0.1, 0.15) is 10.4 Å². The van der Waals surface area contributed by atoms with Crippen LogP contribution in [0, 0.1) is 5.82 Å². The Kier molecular flexibility index (Phi) is 5.92. The van der Waals surface area contributed by atoms with Gasteiger partial charge < -0.3 is 5.32 Å². The van der Waals surface area contributed by atoms with Crippen molar-refractivity contribution in [3.63, 3.8) is 0 Å². The average Bonchev–Trinajstić information content (AvgIpc) is 3.10. The Morgan fingerprint density at radius 3 is 2.50 bits per heavy atom. The van der Waals surface area contributed by atoms with Gasteiger partial charge >= 0.3 is 0 Å². The van der Waals surface area contributed by atoms with Crippen LogP contribution in [0.2, 0.25) is 0 Å². The number of nitrogens with zero attached hydrogens (tertiary/aromatic N) is 2. The van der Waals surface area contributed by atoms with E-state index in [0.717, 1.165) is 23.1 Å². The first-order chi connectivity index (χ1) is 12.6. The summed E-state index contributed by atoms with van der Waals surface area (Å²) in [5.74, 6) is -1.08. The standard InChI is InChI=1S/C17H13FN4O2S2/c18-12-8-4-5-9-13(12)19-14(23)10-25-17-22-21-16(26-17)20-15(24)11-6-2-1-3-7-11/h1-9H,10H2,(H,19,23)(H,20,21,24). The van der Waals surface area contributed by atoms with Gasteiger partial charge in [0, 0.05) is 5.56 Å². The van der Waals surface area contributed by atoms with Crippen LogP contribution >= 0.6 is 23.1 Å². The maximum absolute atomic E-state index is 13.5. The first-order valence-corrected chi connectivity index (χ1v) is 9.29. The van der Waals surface area contributed by atoms with Crippen LogP contribution in [0.25, 0.3) is 0 Å². The molecular formula is C17H13FN4O2S2. The molecule has 3 rings (SSSR count). The fourth-order valence-electron chi connectivity index (χ4n) is 1.95. The molecule has 0 aliphatic rings. The zero-order chi connectivity index (χ0) is 18.4. The Bertz CT molecular complexity index is 918. The normalized spacial score (nSPS) is 10.3. The molecular weight excluding hydrogens is 375 g/mol. The number of rotatable bonds is 6. The van der Waals surface area contributed by atoms with Crippen molar-refractivity contribution in [2.75, 3.05) is 16.4 Å². The van der Waals surface area contributed by atoms with Gasteiger partial charge in [0.2, 0.25) is 11.0 Å². The van der Waals surface area contributed by atoms with E-state index in [2.05, 4.69) is 20.8 Å². The first-order valence-electron chi connectivity index (χ1n) is 7.49. The lowest BCUT2D eigenvalue weighted by molar-refractivity contribution is -0.113. The lowest BCUT2D eigenvalue weighted by Gasteiger charge is -2.04. The van der Waals surface area contributed by atoms with E-state index in [-0.39, 0.29) is 23.3 Å². The highest BCUT2D eigenvalue weighted by molar-refractivity contribution is 8.01. The maximum Gasteiger partial charge on any atom is 0.257 e. The molecule has 3 aromatic rings. The monoisotopic (exact) mass is 388 g/mol. The van der Waals surface area contributed by atoms with Gasteiger partial charge in [-0.3, -0.25) is 14.9 Å². The van der Waals surface area contributed by atoms with Crippen LogP contribution in [-0.4, -0.2) is 27.8 Å². The van der Waals surface area contributed by atoms with E-state index in [1.54, 1.807) is 36.4 Å². The van der Waals surface area contributed by atoms with Crippen molar-refractivity contribution >= 4 is 45.7 Å². The quantitative estimate of drug-likeness (QED) is 0.497. The van der Waals surface area contributed by atoms with Crippen LogP contribution in [0.5, 0.6) is 0 Å². The molecule has 0 atom stereocenters. The second-order valence-corrected chi connectivity index (χ2v) is 7.21. The SMILES string of the molecule is O=C(CSc1nnc(NC(=O)c2ccccc2)s1)Nc1ccccc1F. The summed E-state index contributed by atoms with van der Waals surface area (Å²) in [6.45, 7) is 0. The number of halogens is 1. The van der Waals surface area contributed by atoms with Crippen molar-refractivity contribution in [3.05, 3.63) is 66.0 Å². The second kappa shape index (κ2) is 8.54. The van der Waals surface area contributed by atoms with E-state index >= 15 is 0 Å². The molecule has 1 aromatic heterocycles. The molecule has 6 nitrogen and oxygen atoms in total. The zero-order valence-electron chi connectivity index (χ0n) is 13.3. The minimum atomic E-state index is -0.493. The van der Waals surface area contributed by atoms with Gasteiger partial charge in [-0.1, -0.05) is 53.4 Å². The molecule has 0 unspecified atom stereocenters. The molecule has 132 valence electrons. The van der Waals surface area contributed by atoms with Crippen molar-refractivity contribution in [1.29, 1.82) is 0 Å². The third kappa shape index (κ3) is 4.87. The molecule has 1 heterocycles. The summed E-state index contributed by atoms with van der Waals surface area (Å²) in [6.07, 6.45) is 0. The highest BCUT2D eigenvalue weighted by Crippen LogP contribution is 2.26. The average molecular weight is 388 g/mol. The summed E-state index contributed by atoms with van der Waals surface area (Å²) >= 11 is 2.32. The number of benzene rings is 2. The van der Waals surface area contributed by atoms with Gasteiger partial charge in [-0.25, -0.2) is 4.39 Å². The summed E-state index contributed by atoms with van der Waals surface area (Å²) in [4.78, 5) is 23.9. The molecule has 9 heteroatoms. The van der Waals surface area contributed by atoms with Crippen LogP contribution in [0.3, 0.4) is 0 Å². The molecule has 0 saturated heterocycles. The third-order valence-electron chi connectivity index (χ3n) is 3.14. The number of thioether (sulfide) groups is 1. The summed E-state index contributed by atoms with van der Waals surface area (Å²) in [7, 11) is 0.